The minimum absolute atomic E-state index is 0.0614. The Balaban J connectivity index is 1.79. The molecule has 1 saturated heterocycles. The van der Waals surface area contributed by atoms with E-state index in [0.29, 0.717) is 19.8 Å². The van der Waals surface area contributed by atoms with E-state index in [-0.39, 0.29) is 23.3 Å². The summed E-state index contributed by atoms with van der Waals surface area (Å²) in [6, 6.07) is 6.46. The molecule has 1 aliphatic heterocycles. The average Bonchev–Trinajstić information content (AvgIpc) is 3.07. The summed E-state index contributed by atoms with van der Waals surface area (Å²) in [5, 5.41) is 3.22. The van der Waals surface area contributed by atoms with Crippen molar-refractivity contribution in [2.24, 2.45) is 11.7 Å². The fourth-order valence-electron chi connectivity index (χ4n) is 4.19. The molecule has 1 aliphatic carbocycles. The normalized spacial score (nSPS) is 25.6. The molecule has 2 atom stereocenters. The van der Waals surface area contributed by atoms with E-state index < -0.39 is 0 Å². The minimum atomic E-state index is -0.133. The predicted molar refractivity (Wildman–Crippen MR) is 97.8 cm³/mol. The molecule has 138 valence electrons. The van der Waals surface area contributed by atoms with Crippen LogP contribution in [0.25, 0.3) is 0 Å². The van der Waals surface area contributed by atoms with Gasteiger partial charge in [-0.2, -0.15) is 0 Å². The predicted octanol–water partition coefficient (Wildman–Crippen LogP) is 2.30. The third-order valence-corrected chi connectivity index (χ3v) is 5.82. The van der Waals surface area contributed by atoms with Crippen molar-refractivity contribution < 1.29 is 14.3 Å². The minimum Gasteiger partial charge on any atom is -0.496 e. The summed E-state index contributed by atoms with van der Waals surface area (Å²) < 4.78 is 11.2. The van der Waals surface area contributed by atoms with E-state index in [1.165, 1.54) is 11.1 Å². The first kappa shape index (κ1) is 18.2. The highest BCUT2D eigenvalue weighted by molar-refractivity contribution is 5.79. The Morgan fingerprint density at radius 1 is 1.36 bits per heavy atom. The van der Waals surface area contributed by atoms with Crippen LogP contribution in [-0.2, 0) is 14.9 Å². The topological polar surface area (TPSA) is 73.6 Å². The monoisotopic (exact) mass is 346 g/mol. The molecule has 2 aliphatic rings. The van der Waals surface area contributed by atoms with Crippen LogP contribution in [-0.4, -0.2) is 38.8 Å². The average molecular weight is 346 g/mol. The third-order valence-electron chi connectivity index (χ3n) is 5.82. The van der Waals surface area contributed by atoms with Crippen LogP contribution < -0.4 is 15.8 Å². The van der Waals surface area contributed by atoms with Crippen LogP contribution in [0.15, 0.2) is 18.2 Å². The van der Waals surface area contributed by atoms with Gasteiger partial charge in [0.1, 0.15) is 5.75 Å². The molecule has 0 radical (unpaired) electrons. The van der Waals surface area contributed by atoms with Gasteiger partial charge in [-0.1, -0.05) is 17.7 Å². The first-order valence-corrected chi connectivity index (χ1v) is 9.30. The molecule has 0 bridgehead atoms. The zero-order valence-corrected chi connectivity index (χ0v) is 15.3. The van der Waals surface area contributed by atoms with Gasteiger partial charge in [0.2, 0.25) is 5.91 Å². The van der Waals surface area contributed by atoms with E-state index in [1.807, 2.05) is 6.07 Å². The van der Waals surface area contributed by atoms with Crippen molar-refractivity contribution in [3.05, 3.63) is 29.3 Å². The van der Waals surface area contributed by atoms with Crippen LogP contribution in [0.5, 0.6) is 5.75 Å². The van der Waals surface area contributed by atoms with Crippen LogP contribution in [0.2, 0.25) is 0 Å². The fourth-order valence-corrected chi connectivity index (χ4v) is 4.19. The molecular formula is C20H30N2O3. The molecule has 2 unspecified atom stereocenters. The molecular weight excluding hydrogens is 316 g/mol. The summed E-state index contributed by atoms with van der Waals surface area (Å²) in [6.07, 6.45) is 4.42. The van der Waals surface area contributed by atoms with Gasteiger partial charge in [-0.15, -0.1) is 0 Å². The summed E-state index contributed by atoms with van der Waals surface area (Å²) in [4.78, 5) is 12.6. The largest absolute Gasteiger partial charge is 0.496 e. The van der Waals surface area contributed by atoms with Crippen molar-refractivity contribution in [3.8, 4) is 5.75 Å². The molecule has 2 fully saturated rings. The van der Waals surface area contributed by atoms with Gasteiger partial charge in [0.15, 0.2) is 0 Å². The zero-order valence-electron chi connectivity index (χ0n) is 15.3. The number of hydrogen-bond donors (Lipinski definition) is 2. The Hall–Kier alpha value is -1.59. The number of aryl methyl sites for hydroxylation is 1. The number of benzene rings is 1. The lowest BCUT2D eigenvalue weighted by Gasteiger charge is -2.39. The summed E-state index contributed by atoms with van der Waals surface area (Å²) in [6.45, 7) is 4.14. The number of nitrogens with two attached hydrogens (primary N) is 1. The third kappa shape index (κ3) is 3.98. The number of hydrogen-bond acceptors (Lipinski definition) is 4. The molecule has 0 spiro atoms. The highest BCUT2D eigenvalue weighted by Crippen LogP contribution is 2.40. The highest BCUT2D eigenvalue weighted by Gasteiger charge is 2.38. The Labute approximate surface area is 150 Å². The SMILES string of the molecule is COc1ccc(C)cc1C1(CNC(=O)C2CCC(N)C2)CCOCC1. The molecule has 1 heterocycles. The lowest BCUT2D eigenvalue weighted by atomic mass is 9.73. The van der Waals surface area contributed by atoms with Gasteiger partial charge in [0.25, 0.3) is 0 Å². The Kier molecular flexibility index (Phi) is 5.64. The Bertz CT molecular complexity index is 611. The quantitative estimate of drug-likeness (QED) is 0.858. The van der Waals surface area contributed by atoms with Gasteiger partial charge >= 0.3 is 0 Å². The first-order chi connectivity index (χ1) is 12.0. The Morgan fingerprint density at radius 2 is 2.12 bits per heavy atom. The molecule has 1 aromatic rings. The van der Waals surface area contributed by atoms with E-state index in [2.05, 4.69) is 24.4 Å². The maximum absolute atomic E-state index is 12.6. The maximum atomic E-state index is 12.6. The first-order valence-electron chi connectivity index (χ1n) is 9.30. The van der Waals surface area contributed by atoms with E-state index in [9.17, 15) is 4.79 Å². The van der Waals surface area contributed by atoms with Crippen LogP contribution in [0, 0.1) is 12.8 Å². The summed E-state index contributed by atoms with van der Waals surface area (Å²) >= 11 is 0. The van der Waals surface area contributed by atoms with E-state index in [1.54, 1.807) is 7.11 Å². The number of methoxy groups -OCH3 is 1. The van der Waals surface area contributed by atoms with Crippen LogP contribution in [0.3, 0.4) is 0 Å². The number of rotatable bonds is 5. The van der Waals surface area contributed by atoms with Crippen molar-refractivity contribution in [2.45, 2.75) is 50.5 Å². The molecule has 1 aromatic carbocycles. The number of carbonyl (C=O) groups excluding carboxylic acids is 1. The van der Waals surface area contributed by atoms with Crippen molar-refractivity contribution in [1.82, 2.24) is 5.32 Å². The standard InChI is InChI=1S/C20H30N2O3/c1-14-3-6-18(24-2)17(11-14)20(7-9-25-10-8-20)13-22-19(23)15-4-5-16(21)12-15/h3,6,11,15-16H,4-5,7-10,12-13,21H2,1-2H3,(H,22,23). The Morgan fingerprint density at radius 3 is 2.76 bits per heavy atom. The molecule has 1 amide bonds. The lowest BCUT2D eigenvalue weighted by Crippen LogP contribution is -2.46. The maximum Gasteiger partial charge on any atom is 0.223 e. The van der Waals surface area contributed by atoms with Gasteiger partial charge < -0.3 is 20.5 Å². The second-order valence-corrected chi connectivity index (χ2v) is 7.58. The number of amides is 1. The van der Waals surface area contributed by atoms with Gasteiger partial charge in [-0.3, -0.25) is 4.79 Å². The molecule has 3 rings (SSSR count). The lowest BCUT2D eigenvalue weighted by molar-refractivity contribution is -0.125. The van der Waals surface area contributed by atoms with Crippen LogP contribution in [0.1, 0.15) is 43.2 Å². The van der Waals surface area contributed by atoms with Gasteiger partial charge in [-0.05, 0) is 45.1 Å². The highest BCUT2D eigenvalue weighted by atomic mass is 16.5. The van der Waals surface area contributed by atoms with Crippen LogP contribution >= 0.6 is 0 Å². The smallest absolute Gasteiger partial charge is 0.223 e. The van der Waals surface area contributed by atoms with Gasteiger partial charge in [0, 0.05) is 42.7 Å². The van der Waals surface area contributed by atoms with Crippen molar-refractivity contribution >= 4 is 5.91 Å². The molecule has 5 heteroatoms. The second-order valence-electron chi connectivity index (χ2n) is 7.58. The summed E-state index contributed by atoms with van der Waals surface area (Å²) in [5.74, 6) is 1.10. The fraction of sp³-hybridized carbons (Fsp3) is 0.650. The summed E-state index contributed by atoms with van der Waals surface area (Å²) in [5.41, 5.74) is 8.21. The number of nitrogens with one attached hydrogen (secondary N) is 1. The number of carbonyl (C=O) groups is 1. The van der Waals surface area contributed by atoms with Crippen molar-refractivity contribution in [2.75, 3.05) is 26.9 Å². The molecule has 25 heavy (non-hydrogen) atoms. The van der Waals surface area contributed by atoms with E-state index in [4.69, 9.17) is 15.2 Å². The molecule has 5 nitrogen and oxygen atoms in total. The van der Waals surface area contributed by atoms with Gasteiger partial charge in [-0.25, -0.2) is 0 Å². The van der Waals surface area contributed by atoms with E-state index >= 15 is 0 Å². The zero-order chi connectivity index (χ0) is 17.9. The van der Waals surface area contributed by atoms with Crippen LogP contribution in [0.4, 0.5) is 0 Å². The van der Waals surface area contributed by atoms with Crippen molar-refractivity contribution in [1.29, 1.82) is 0 Å². The molecule has 3 N–H and O–H groups in total. The van der Waals surface area contributed by atoms with Crippen molar-refractivity contribution in [3.63, 3.8) is 0 Å². The number of ether oxygens (including phenoxy) is 2. The van der Waals surface area contributed by atoms with Gasteiger partial charge in [0.05, 0.1) is 7.11 Å². The van der Waals surface area contributed by atoms with E-state index in [0.717, 1.165) is 37.9 Å². The second kappa shape index (κ2) is 7.75. The molecule has 1 saturated carbocycles. The summed E-state index contributed by atoms with van der Waals surface area (Å²) in [7, 11) is 1.71. The molecule has 0 aromatic heterocycles.